The average molecular weight is 401 g/mol. The molecular weight excluding hydrogens is 384 g/mol. The summed E-state index contributed by atoms with van der Waals surface area (Å²) < 4.78 is 11.3. The van der Waals surface area contributed by atoms with Crippen LogP contribution in [0.2, 0.25) is 5.02 Å². The van der Waals surface area contributed by atoms with Crippen LogP contribution in [0.15, 0.2) is 42.1 Å². The molecule has 1 amide bonds. The summed E-state index contributed by atoms with van der Waals surface area (Å²) in [6.45, 7) is 3.06. The number of para-hydroxylation sites is 1. The van der Waals surface area contributed by atoms with Crippen LogP contribution >= 0.6 is 23.8 Å². The van der Waals surface area contributed by atoms with Crippen molar-refractivity contribution in [2.45, 2.75) is 13.3 Å². The maximum absolute atomic E-state index is 12.9. The summed E-state index contributed by atoms with van der Waals surface area (Å²) >= 11 is 11.7. The summed E-state index contributed by atoms with van der Waals surface area (Å²) in [5, 5.41) is 3.79. The van der Waals surface area contributed by atoms with Crippen molar-refractivity contribution in [1.82, 2.24) is 5.32 Å². The maximum atomic E-state index is 12.9. The van der Waals surface area contributed by atoms with E-state index in [0.717, 1.165) is 23.2 Å². The van der Waals surface area contributed by atoms with Crippen molar-refractivity contribution in [2.24, 2.45) is 0 Å². The molecule has 0 unspecified atom stereocenters. The summed E-state index contributed by atoms with van der Waals surface area (Å²) in [6, 6.07) is 11.2. The predicted octanol–water partition coefficient (Wildman–Crippen LogP) is 4.07. The number of fused-ring (bicyclic) bond motifs is 1. The summed E-state index contributed by atoms with van der Waals surface area (Å²) in [5.74, 6) is 0.909. The van der Waals surface area contributed by atoms with Gasteiger partial charge in [-0.25, -0.2) is 0 Å². The third kappa shape index (κ3) is 3.38. The van der Waals surface area contributed by atoms with Crippen molar-refractivity contribution >= 4 is 46.6 Å². The Kier molecular flexibility index (Phi) is 4.76. The highest BCUT2D eigenvalue weighted by atomic mass is 35.5. The topological polar surface area (TPSA) is 50.8 Å². The lowest BCUT2D eigenvalue weighted by molar-refractivity contribution is -0.113. The van der Waals surface area contributed by atoms with Gasteiger partial charge >= 0.3 is 0 Å². The van der Waals surface area contributed by atoms with E-state index in [9.17, 15) is 4.79 Å². The van der Waals surface area contributed by atoms with Gasteiger partial charge in [-0.15, -0.1) is 0 Å². The monoisotopic (exact) mass is 400 g/mol. The molecule has 1 saturated heterocycles. The van der Waals surface area contributed by atoms with Crippen LogP contribution in [0.25, 0.3) is 6.08 Å². The van der Waals surface area contributed by atoms with E-state index < -0.39 is 0 Å². The van der Waals surface area contributed by atoms with Gasteiger partial charge in [0.05, 0.1) is 23.9 Å². The second-order valence-corrected chi connectivity index (χ2v) is 7.09. The number of ether oxygens (including phenoxy) is 2. The number of halogens is 1. The van der Waals surface area contributed by atoms with Gasteiger partial charge in [0.25, 0.3) is 5.91 Å². The first-order valence-corrected chi connectivity index (χ1v) is 9.35. The van der Waals surface area contributed by atoms with Crippen molar-refractivity contribution in [3.63, 3.8) is 0 Å². The molecular formula is C20H17ClN2O3S. The van der Waals surface area contributed by atoms with Crippen molar-refractivity contribution in [1.29, 1.82) is 0 Å². The fourth-order valence-electron chi connectivity index (χ4n) is 3.07. The number of carbonyl (C=O) groups is 1. The number of carbonyl (C=O) groups excluding carboxylic acids is 1. The molecule has 0 spiro atoms. The molecule has 0 radical (unpaired) electrons. The molecule has 0 bridgehead atoms. The fraction of sp³-hybridized carbons (Fsp3) is 0.200. The van der Waals surface area contributed by atoms with Crippen molar-refractivity contribution in [3.05, 3.63) is 58.2 Å². The largest absolute Gasteiger partial charge is 0.489 e. The molecule has 0 atom stereocenters. The zero-order valence-electron chi connectivity index (χ0n) is 14.6. The number of benzene rings is 2. The smallest absolute Gasteiger partial charge is 0.281 e. The highest BCUT2D eigenvalue weighted by Crippen LogP contribution is 2.38. The number of thiocarbonyl (C=S) groups is 1. The average Bonchev–Trinajstić information content (AvgIpc) is 2.80. The first-order valence-electron chi connectivity index (χ1n) is 8.56. The maximum Gasteiger partial charge on any atom is 0.281 e. The molecule has 4 rings (SSSR count). The van der Waals surface area contributed by atoms with E-state index >= 15 is 0 Å². The Hall–Kier alpha value is -2.57. The van der Waals surface area contributed by atoms with Gasteiger partial charge in [-0.1, -0.05) is 29.8 Å². The second kappa shape index (κ2) is 7.21. The lowest BCUT2D eigenvalue weighted by Gasteiger charge is -2.16. The van der Waals surface area contributed by atoms with E-state index in [1.807, 2.05) is 37.3 Å². The minimum absolute atomic E-state index is 0.211. The molecule has 0 aliphatic carbocycles. The number of nitrogens with one attached hydrogen (secondary N) is 1. The summed E-state index contributed by atoms with van der Waals surface area (Å²) in [7, 11) is 0. The SMILES string of the molecule is Cc1ccccc1N1C(=O)/C(=C\c2cc(Cl)c3c(c2)OCCCO3)NC1=S. The van der Waals surface area contributed by atoms with E-state index in [1.165, 1.54) is 4.90 Å². The Morgan fingerprint density at radius 3 is 2.81 bits per heavy atom. The van der Waals surface area contributed by atoms with Gasteiger partial charge in [0.2, 0.25) is 0 Å². The van der Waals surface area contributed by atoms with Crippen LogP contribution in [0.1, 0.15) is 17.5 Å². The van der Waals surface area contributed by atoms with Crippen LogP contribution in [0.4, 0.5) is 5.69 Å². The number of nitrogens with zero attached hydrogens (tertiary/aromatic N) is 1. The van der Waals surface area contributed by atoms with Crippen LogP contribution in [0.5, 0.6) is 11.5 Å². The van der Waals surface area contributed by atoms with E-state index in [-0.39, 0.29) is 5.91 Å². The van der Waals surface area contributed by atoms with Crippen molar-refractivity contribution in [2.75, 3.05) is 18.1 Å². The molecule has 138 valence electrons. The number of rotatable bonds is 2. The predicted molar refractivity (Wildman–Crippen MR) is 109 cm³/mol. The highest BCUT2D eigenvalue weighted by molar-refractivity contribution is 7.80. The molecule has 1 fully saturated rings. The fourth-order valence-corrected chi connectivity index (χ4v) is 3.63. The van der Waals surface area contributed by atoms with Crippen LogP contribution in [-0.2, 0) is 4.79 Å². The molecule has 27 heavy (non-hydrogen) atoms. The Balaban J connectivity index is 1.68. The lowest BCUT2D eigenvalue weighted by atomic mass is 10.1. The third-order valence-electron chi connectivity index (χ3n) is 4.37. The minimum Gasteiger partial charge on any atom is -0.489 e. The first-order chi connectivity index (χ1) is 13.0. The summed E-state index contributed by atoms with van der Waals surface area (Å²) in [4.78, 5) is 14.4. The molecule has 2 aliphatic heterocycles. The number of aryl methyl sites for hydroxylation is 1. The third-order valence-corrected chi connectivity index (χ3v) is 4.94. The molecule has 2 aliphatic rings. The number of hydrogen-bond acceptors (Lipinski definition) is 4. The van der Waals surface area contributed by atoms with Gasteiger partial charge in [0.1, 0.15) is 5.70 Å². The van der Waals surface area contributed by atoms with Crippen LogP contribution in [0, 0.1) is 6.92 Å². The highest BCUT2D eigenvalue weighted by Gasteiger charge is 2.32. The normalized spacial score (nSPS) is 17.9. The number of hydrogen-bond donors (Lipinski definition) is 1. The number of amides is 1. The lowest BCUT2D eigenvalue weighted by Crippen LogP contribution is -2.30. The molecule has 2 heterocycles. The van der Waals surface area contributed by atoms with Gasteiger partial charge in [-0.3, -0.25) is 9.69 Å². The molecule has 0 aromatic heterocycles. The molecule has 2 aromatic rings. The Bertz CT molecular complexity index is 974. The minimum atomic E-state index is -0.211. The van der Waals surface area contributed by atoms with E-state index in [0.29, 0.717) is 40.5 Å². The Labute approximate surface area is 167 Å². The van der Waals surface area contributed by atoms with Crippen LogP contribution < -0.4 is 19.7 Å². The molecule has 7 heteroatoms. The van der Waals surface area contributed by atoms with Crippen molar-refractivity contribution < 1.29 is 14.3 Å². The quantitative estimate of drug-likeness (QED) is 0.608. The van der Waals surface area contributed by atoms with Crippen LogP contribution in [0.3, 0.4) is 0 Å². The zero-order chi connectivity index (χ0) is 19.0. The van der Waals surface area contributed by atoms with Crippen LogP contribution in [-0.4, -0.2) is 24.2 Å². The molecule has 2 aromatic carbocycles. The van der Waals surface area contributed by atoms with Gasteiger partial charge in [-0.2, -0.15) is 0 Å². The first kappa shape index (κ1) is 17.8. The summed E-state index contributed by atoms with van der Waals surface area (Å²) in [6.07, 6.45) is 2.51. The molecule has 5 nitrogen and oxygen atoms in total. The Morgan fingerprint density at radius 2 is 2.00 bits per heavy atom. The number of anilines is 1. The van der Waals surface area contributed by atoms with E-state index in [4.69, 9.17) is 33.3 Å². The standard InChI is InChI=1S/C20H17ClN2O3S/c1-12-5-2-3-6-16(12)23-19(24)15(22-20(23)27)10-13-9-14(21)18-17(11-13)25-7-4-8-26-18/h2-3,5-6,9-11H,4,7-8H2,1H3,(H,22,27)/b15-10+. The zero-order valence-corrected chi connectivity index (χ0v) is 16.2. The van der Waals surface area contributed by atoms with E-state index in [1.54, 1.807) is 12.1 Å². The van der Waals surface area contributed by atoms with Crippen molar-refractivity contribution in [3.8, 4) is 11.5 Å². The second-order valence-electron chi connectivity index (χ2n) is 6.30. The molecule has 0 saturated carbocycles. The Morgan fingerprint density at radius 1 is 1.22 bits per heavy atom. The van der Waals surface area contributed by atoms with Gasteiger partial charge in [-0.05, 0) is 54.5 Å². The van der Waals surface area contributed by atoms with Gasteiger partial charge in [0.15, 0.2) is 16.6 Å². The van der Waals surface area contributed by atoms with Gasteiger partial charge < -0.3 is 14.8 Å². The molecule has 1 N–H and O–H groups in total. The summed E-state index contributed by atoms with van der Waals surface area (Å²) in [5.41, 5.74) is 2.85. The van der Waals surface area contributed by atoms with E-state index in [2.05, 4.69) is 5.32 Å². The van der Waals surface area contributed by atoms with Gasteiger partial charge in [0, 0.05) is 6.42 Å².